The maximum absolute atomic E-state index is 12.6. The van der Waals surface area contributed by atoms with Crippen molar-refractivity contribution in [2.75, 3.05) is 39.8 Å². The van der Waals surface area contributed by atoms with Gasteiger partial charge in [0, 0.05) is 56.6 Å². The number of nitrogens with zero attached hydrogens (tertiary/aromatic N) is 3. The summed E-state index contributed by atoms with van der Waals surface area (Å²) in [6.45, 7) is 4.95. The van der Waals surface area contributed by atoms with Crippen molar-refractivity contribution in [3.05, 3.63) is 64.9 Å². The van der Waals surface area contributed by atoms with Crippen molar-refractivity contribution in [1.82, 2.24) is 20.1 Å². The Morgan fingerprint density at radius 3 is 2.48 bits per heavy atom. The fourth-order valence-electron chi connectivity index (χ4n) is 3.13. The van der Waals surface area contributed by atoms with Crippen molar-refractivity contribution in [3.8, 4) is 0 Å². The third-order valence-electron chi connectivity index (χ3n) is 4.78. The zero-order chi connectivity index (χ0) is 18.4. The number of aromatic nitrogens is 1. The lowest BCUT2D eigenvalue weighted by atomic mass is 10.00. The topological polar surface area (TPSA) is 48.5 Å². The van der Waals surface area contributed by atoms with Crippen molar-refractivity contribution in [2.45, 2.75) is 12.5 Å². The molecule has 3 rings (SSSR count). The molecule has 1 unspecified atom stereocenters. The SMILES string of the molecule is CN1CCN(CCC(=O)NC(c2ccc(Cl)cc2)c2cccnc2)CC1.Cl. The molecule has 1 aromatic carbocycles. The third-order valence-corrected chi connectivity index (χ3v) is 5.03. The summed E-state index contributed by atoms with van der Waals surface area (Å²) in [5.74, 6) is 0.0488. The van der Waals surface area contributed by atoms with E-state index in [1.165, 1.54) is 0 Å². The van der Waals surface area contributed by atoms with Gasteiger partial charge in [-0.25, -0.2) is 0 Å². The number of likely N-dealkylation sites (N-methyl/N-ethyl adjacent to an activating group) is 1. The van der Waals surface area contributed by atoms with Gasteiger partial charge in [0.25, 0.3) is 0 Å². The molecule has 146 valence electrons. The Balaban J connectivity index is 0.00000261. The lowest BCUT2D eigenvalue weighted by Crippen LogP contribution is -2.45. The van der Waals surface area contributed by atoms with Crippen molar-refractivity contribution in [3.63, 3.8) is 0 Å². The number of pyridine rings is 1. The Labute approximate surface area is 172 Å². The van der Waals surface area contributed by atoms with E-state index in [1.807, 2.05) is 36.4 Å². The Morgan fingerprint density at radius 2 is 1.85 bits per heavy atom. The Bertz CT molecular complexity index is 704. The van der Waals surface area contributed by atoms with Gasteiger partial charge in [-0.3, -0.25) is 9.78 Å². The predicted octanol–water partition coefficient (Wildman–Crippen LogP) is 3.00. The zero-order valence-corrected chi connectivity index (χ0v) is 17.0. The van der Waals surface area contributed by atoms with E-state index in [0.717, 1.165) is 43.9 Å². The highest BCUT2D eigenvalue weighted by molar-refractivity contribution is 6.30. The van der Waals surface area contributed by atoms with Gasteiger partial charge >= 0.3 is 0 Å². The fourth-order valence-corrected chi connectivity index (χ4v) is 3.25. The van der Waals surface area contributed by atoms with Gasteiger partial charge in [-0.2, -0.15) is 0 Å². The highest BCUT2D eigenvalue weighted by Gasteiger charge is 2.19. The van der Waals surface area contributed by atoms with Crippen LogP contribution in [0.4, 0.5) is 0 Å². The molecule has 1 amide bonds. The van der Waals surface area contributed by atoms with Gasteiger partial charge < -0.3 is 15.1 Å². The molecule has 0 saturated carbocycles. The number of rotatable bonds is 6. The monoisotopic (exact) mass is 408 g/mol. The third kappa shape index (κ3) is 6.47. The van der Waals surface area contributed by atoms with Crippen molar-refractivity contribution in [1.29, 1.82) is 0 Å². The van der Waals surface area contributed by atoms with Crippen LogP contribution in [0.3, 0.4) is 0 Å². The molecule has 2 aromatic rings. The Morgan fingerprint density at radius 1 is 1.15 bits per heavy atom. The van der Waals surface area contributed by atoms with E-state index in [1.54, 1.807) is 12.4 Å². The molecule has 1 aliphatic rings. The van der Waals surface area contributed by atoms with Crippen molar-refractivity contribution in [2.24, 2.45) is 0 Å². The van der Waals surface area contributed by atoms with Crippen LogP contribution in [0.5, 0.6) is 0 Å². The minimum Gasteiger partial charge on any atom is -0.345 e. The van der Waals surface area contributed by atoms with Crippen LogP contribution in [0.1, 0.15) is 23.6 Å². The minimum absolute atomic E-state index is 0. The maximum Gasteiger partial charge on any atom is 0.222 e. The molecule has 0 radical (unpaired) electrons. The number of carbonyl (C=O) groups is 1. The maximum atomic E-state index is 12.6. The highest BCUT2D eigenvalue weighted by Crippen LogP contribution is 2.23. The standard InChI is InChI=1S/C20H25ClN4O.ClH/c1-24-11-13-25(14-12-24)10-8-19(26)23-20(17-3-2-9-22-15-17)16-4-6-18(21)7-5-16;/h2-7,9,15,20H,8,10-14H2,1H3,(H,23,26);1H. The highest BCUT2D eigenvalue weighted by atomic mass is 35.5. The summed E-state index contributed by atoms with van der Waals surface area (Å²) in [6.07, 6.45) is 4.02. The fraction of sp³-hybridized carbons (Fsp3) is 0.400. The molecule has 0 aliphatic carbocycles. The summed E-state index contributed by atoms with van der Waals surface area (Å²) < 4.78 is 0. The Hall–Kier alpha value is -1.66. The molecule has 5 nitrogen and oxygen atoms in total. The van der Waals surface area contributed by atoms with Crippen molar-refractivity contribution < 1.29 is 4.79 Å². The zero-order valence-electron chi connectivity index (χ0n) is 15.5. The number of benzene rings is 1. The summed E-state index contributed by atoms with van der Waals surface area (Å²) in [7, 11) is 2.13. The summed E-state index contributed by atoms with van der Waals surface area (Å²) in [5, 5.41) is 3.84. The molecule has 1 fully saturated rings. The largest absolute Gasteiger partial charge is 0.345 e. The first-order valence-corrected chi connectivity index (χ1v) is 9.35. The first kappa shape index (κ1) is 21.6. The number of carbonyl (C=O) groups excluding carboxylic acids is 1. The van der Waals surface area contributed by atoms with E-state index in [4.69, 9.17) is 11.6 Å². The molecular weight excluding hydrogens is 383 g/mol. The van der Waals surface area contributed by atoms with Gasteiger partial charge in [0.05, 0.1) is 6.04 Å². The molecule has 1 saturated heterocycles. The number of piperazine rings is 1. The van der Waals surface area contributed by atoms with E-state index in [0.29, 0.717) is 11.4 Å². The van der Waals surface area contributed by atoms with Crippen LogP contribution in [0.25, 0.3) is 0 Å². The molecule has 1 aromatic heterocycles. The molecule has 7 heteroatoms. The number of hydrogen-bond acceptors (Lipinski definition) is 4. The average Bonchev–Trinajstić information content (AvgIpc) is 2.67. The summed E-state index contributed by atoms with van der Waals surface area (Å²) in [6, 6.07) is 11.2. The van der Waals surface area contributed by atoms with Crippen LogP contribution >= 0.6 is 24.0 Å². The second-order valence-electron chi connectivity index (χ2n) is 6.73. The molecular formula is C20H26Cl2N4O. The van der Waals surface area contributed by atoms with E-state index in [-0.39, 0.29) is 24.4 Å². The number of halogens is 2. The van der Waals surface area contributed by atoms with E-state index in [9.17, 15) is 4.79 Å². The number of hydrogen-bond donors (Lipinski definition) is 1. The summed E-state index contributed by atoms with van der Waals surface area (Å²) in [5.41, 5.74) is 1.96. The quantitative estimate of drug-likeness (QED) is 0.797. The van der Waals surface area contributed by atoms with Gasteiger partial charge in [0.15, 0.2) is 0 Å². The van der Waals surface area contributed by atoms with Gasteiger partial charge in [-0.1, -0.05) is 29.8 Å². The average molecular weight is 409 g/mol. The lowest BCUT2D eigenvalue weighted by Gasteiger charge is -2.32. The smallest absolute Gasteiger partial charge is 0.222 e. The molecule has 0 spiro atoms. The molecule has 1 N–H and O–H groups in total. The van der Waals surface area contributed by atoms with Crippen LogP contribution < -0.4 is 5.32 Å². The normalized spacial score (nSPS) is 16.4. The van der Waals surface area contributed by atoms with Gasteiger partial charge in [-0.15, -0.1) is 12.4 Å². The van der Waals surface area contributed by atoms with Crippen LogP contribution in [0.2, 0.25) is 5.02 Å². The molecule has 2 heterocycles. The van der Waals surface area contributed by atoms with Crippen LogP contribution in [0.15, 0.2) is 48.8 Å². The van der Waals surface area contributed by atoms with Gasteiger partial charge in [0.1, 0.15) is 0 Å². The first-order valence-electron chi connectivity index (χ1n) is 8.97. The van der Waals surface area contributed by atoms with Gasteiger partial charge in [0.2, 0.25) is 5.91 Å². The molecule has 1 aliphatic heterocycles. The summed E-state index contributed by atoms with van der Waals surface area (Å²) in [4.78, 5) is 21.4. The Kier molecular flexibility index (Phi) is 8.51. The summed E-state index contributed by atoms with van der Waals surface area (Å²) >= 11 is 6.01. The number of amides is 1. The minimum atomic E-state index is -0.221. The second kappa shape index (κ2) is 10.6. The van der Waals surface area contributed by atoms with E-state index >= 15 is 0 Å². The second-order valence-corrected chi connectivity index (χ2v) is 7.17. The van der Waals surface area contributed by atoms with Gasteiger partial charge in [-0.05, 0) is 36.4 Å². The van der Waals surface area contributed by atoms with E-state index in [2.05, 4.69) is 27.1 Å². The first-order chi connectivity index (χ1) is 12.6. The van der Waals surface area contributed by atoms with Crippen LogP contribution in [-0.2, 0) is 4.79 Å². The van der Waals surface area contributed by atoms with Crippen LogP contribution in [-0.4, -0.2) is 60.5 Å². The predicted molar refractivity (Wildman–Crippen MR) is 111 cm³/mol. The molecule has 27 heavy (non-hydrogen) atoms. The lowest BCUT2D eigenvalue weighted by molar-refractivity contribution is -0.122. The van der Waals surface area contributed by atoms with Crippen LogP contribution in [0, 0.1) is 0 Å². The molecule has 1 atom stereocenters. The van der Waals surface area contributed by atoms with E-state index < -0.39 is 0 Å². The van der Waals surface area contributed by atoms with Crippen molar-refractivity contribution >= 4 is 29.9 Å². The molecule has 0 bridgehead atoms. The number of nitrogens with one attached hydrogen (secondary N) is 1.